The molecule has 2 rings (SSSR count). The second-order valence-electron chi connectivity index (χ2n) is 5.00. The number of piperazine rings is 1. The number of rotatable bonds is 6. The number of nitrogens with one attached hydrogen (secondary N) is 1. The zero-order valence-electron chi connectivity index (χ0n) is 11.0. The summed E-state index contributed by atoms with van der Waals surface area (Å²) in [4.78, 5) is 2.52. The zero-order valence-corrected chi connectivity index (χ0v) is 11.0. The molecule has 18 heavy (non-hydrogen) atoms. The van der Waals surface area contributed by atoms with Crippen molar-refractivity contribution in [3.05, 3.63) is 35.9 Å². The second kappa shape index (κ2) is 7.52. The van der Waals surface area contributed by atoms with Gasteiger partial charge in [-0.25, -0.2) is 0 Å². The molecule has 1 heterocycles. The summed E-state index contributed by atoms with van der Waals surface area (Å²) in [6, 6.07) is 11.2. The lowest BCUT2D eigenvalue weighted by molar-refractivity contribution is 0.129. The number of hydrogen-bond acceptors (Lipinski definition) is 3. The molecule has 100 valence electrons. The Bertz CT molecular complexity index is 327. The van der Waals surface area contributed by atoms with Crippen LogP contribution in [0.3, 0.4) is 0 Å². The fourth-order valence-corrected chi connectivity index (χ4v) is 2.66. The van der Waals surface area contributed by atoms with Gasteiger partial charge in [0.25, 0.3) is 0 Å². The minimum absolute atomic E-state index is 0.293. The SMILES string of the molecule is OCCC1CNCCN1CCCc1ccccc1. The predicted molar refractivity (Wildman–Crippen MR) is 74.7 cm³/mol. The molecular weight excluding hydrogens is 224 g/mol. The lowest BCUT2D eigenvalue weighted by Crippen LogP contribution is -2.51. The molecule has 0 bridgehead atoms. The third kappa shape index (κ3) is 4.09. The van der Waals surface area contributed by atoms with Crippen molar-refractivity contribution in [2.45, 2.75) is 25.3 Å². The topological polar surface area (TPSA) is 35.5 Å². The number of aliphatic hydroxyl groups is 1. The molecule has 1 fully saturated rings. The maximum Gasteiger partial charge on any atom is 0.0446 e. The van der Waals surface area contributed by atoms with Crippen LogP contribution in [0.2, 0.25) is 0 Å². The molecule has 0 spiro atoms. The standard InChI is InChI=1S/C15H24N2O/c18-12-8-15-13-16-9-11-17(15)10-4-7-14-5-2-1-3-6-14/h1-3,5-6,15-16,18H,4,7-13H2. The average Bonchev–Trinajstić information content (AvgIpc) is 2.42. The van der Waals surface area contributed by atoms with E-state index in [1.165, 1.54) is 12.0 Å². The van der Waals surface area contributed by atoms with E-state index in [0.717, 1.165) is 39.0 Å². The summed E-state index contributed by atoms with van der Waals surface area (Å²) in [6.45, 7) is 4.64. The van der Waals surface area contributed by atoms with Crippen LogP contribution in [0.1, 0.15) is 18.4 Å². The Morgan fingerprint density at radius 2 is 2.11 bits per heavy atom. The molecule has 0 radical (unpaired) electrons. The van der Waals surface area contributed by atoms with Crippen molar-refractivity contribution >= 4 is 0 Å². The maximum atomic E-state index is 9.09. The summed E-state index contributed by atoms with van der Waals surface area (Å²) in [5.74, 6) is 0. The van der Waals surface area contributed by atoms with Crippen LogP contribution < -0.4 is 5.32 Å². The van der Waals surface area contributed by atoms with Gasteiger partial charge in [-0.1, -0.05) is 30.3 Å². The van der Waals surface area contributed by atoms with Crippen LogP contribution in [0, 0.1) is 0 Å². The van der Waals surface area contributed by atoms with Gasteiger partial charge < -0.3 is 10.4 Å². The van der Waals surface area contributed by atoms with Gasteiger partial charge in [-0.15, -0.1) is 0 Å². The van der Waals surface area contributed by atoms with Gasteiger partial charge in [0.1, 0.15) is 0 Å². The number of benzene rings is 1. The molecule has 0 aromatic heterocycles. The van der Waals surface area contributed by atoms with Gasteiger partial charge in [0.05, 0.1) is 0 Å². The summed E-state index contributed by atoms with van der Waals surface area (Å²) in [7, 11) is 0. The van der Waals surface area contributed by atoms with Crippen molar-refractivity contribution in [3.63, 3.8) is 0 Å². The molecule has 1 aromatic carbocycles. The van der Waals surface area contributed by atoms with E-state index in [1.54, 1.807) is 0 Å². The Hall–Kier alpha value is -0.900. The van der Waals surface area contributed by atoms with Crippen molar-refractivity contribution in [1.82, 2.24) is 10.2 Å². The molecule has 1 aliphatic rings. The Balaban J connectivity index is 1.74. The van der Waals surface area contributed by atoms with E-state index in [9.17, 15) is 0 Å². The van der Waals surface area contributed by atoms with Crippen LogP contribution in [0.4, 0.5) is 0 Å². The summed E-state index contributed by atoms with van der Waals surface area (Å²) in [6.07, 6.45) is 3.24. The molecule has 0 amide bonds. The van der Waals surface area contributed by atoms with Gasteiger partial charge in [-0.05, 0) is 31.4 Å². The summed E-state index contributed by atoms with van der Waals surface area (Å²) < 4.78 is 0. The van der Waals surface area contributed by atoms with E-state index in [-0.39, 0.29) is 0 Å². The monoisotopic (exact) mass is 248 g/mol. The van der Waals surface area contributed by atoms with Crippen molar-refractivity contribution < 1.29 is 5.11 Å². The number of hydrogen-bond donors (Lipinski definition) is 2. The van der Waals surface area contributed by atoms with Crippen LogP contribution in [0.5, 0.6) is 0 Å². The molecule has 1 saturated heterocycles. The van der Waals surface area contributed by atoms with Crippen LogP contribution in [-0.2, 0) is 6.42 Å². The molecule has 1 aromatic rings. The molecule has 1 unspecified atom stereocenters. The van der Waals surface area contributed by atoms with Crippen molar-refractivity contribution in [2.75, 3.05) is 32.8 Å². The highest BCUT2D eigenvalue weighted by molar-refractivity contribution is 5.14. The van der Waals surface area contributed by atoms with Gasteiger partial charge in [-0.3, -0.25) is 4.90 Å². The molecule has 0 saturated carbocycles. The van der Waals surface area contributed by atoms with Gasteiger partial charge in [0, 0.05) is 32.3 Å². The van der Waals surface area contributed by atoms with Gasteiger partial charge >= 0.3 is 0 Å². The minimum Gasteiger partial charge on any atom is -0.396 e. The smallest absolute Gasteiger partial charge is 0.0446 e. The van der Waals surface area contributed by atoms with E-state index < -0.39 is 0 Å². The molecule has 1 atom stereocenters. The highest BCUT2D eigenvalue weighted by Gasteiger charge is 2.20. The van der Waals surface area contributed by atoms with Gasteiger partial charge in [0.2, 0.25) is 0 Å². The third-order valence-electron chi connectivity index (χ3n) is 3.69. The molecule has 0 aliphatic carbocycles. The fraction of sp³-hybridized carbons (Fsp3) is 0.600. The van der Waals surface area contributed by atoms with Crippen LogP contribution >= 0.6 is 0 Å². The highest BCUT2D eigenvalue weighted by Crippen LogP contribution is 2.10. The average molecular weight is 248 g/mol. The summed E-state index contributed by atoms with van der Waals surface area (Å²) in [5.41, 5.74) is 1.42. The molecule has 2 N–H and O–H groups in total. The van der Waals surface area contributed by atoms with Crippen molar-refractivity contribution in [1.29, 1.82) is 0 Å². The molecular formula is C15H24N2O. The maximum absolute atomic E-state index is 9.09. The van der Waals surface area contributed by atoms with E-state index in [2.05, 4.69) is 40.5 Å². The first-order valence-corrected chi connectivity index (χ1v) is 6.99. The Morgan fingerprint density at radius 1 is 1.28 bits per heavy atom. The van der Waals surface area contributed by atoms with E-state index in [1.807, 2.05) is 0 Å². The summed E-state index contributed by atoms with van der Waals surface area (Å²) >= 11 is 0. The number of nitrogens with zero attached hydrogens (tertiary/aromatic N) is 1. The van der Waals surface area contributed by atoms with E-state index in [0.29, 0.717) is 12.6 Å². The molecule has 1 aliphatic heterocycles. The first kappa shape index (κ1) is 13.5. The first-order valence-electron chi connectivity index (χ1n) is 6.99. The van der Waals surface area contributed by atoms with E-state index in [4.69, 9.17) is 5.11 Å². The summed E-state index contributed by atoms with van der Waals surface area (Å²) in [5, 5.41) is 12.5. The fourth-order valence-electron chi connectivity index (χ4n) is 2.66. The minimum atomic E-state index is 0.293. The third-order valence-corrected chi connectivity index (χ3v) is 3.69. The largest absolute Gasteiger partial charge is 0.396 e. The van der Waals surface area contributed by atoms with Crippen molar-refractivity contribution in [2.24, 2.45) is 0 Å². The molecule has 3 heteroatoms. The van der Waals surface area contributed by atoms with Crippen molar-refractivity contribution in [3.8, 4) is 0 Å². The lowest BCUT2D eigenvalue weighted by atomic mass is 10.1. The van der Waals surface area contributed by atoms with Crippen LogP contribution in [0.15, 0.2) is 30.3 Å². The zero-order chi connectivity index (χ0) is 12.6. The van der Waals surface area contributed by atoms with Crippen LogP contribution in [0.25, 0.3) is 0 Å². The van der Waals surface area contributed by atoms with E-state index >= 15 is 0 Å². The normalized spacial score (nSPS) is 21.1. The van der Waals surface area contributed by atoms with Crippen LogP contribution in [-0.4, -0.2) is 48.8 Å². The quantitative estimate of drug-likeness (QED) is 0.796. The number of aryl methyl sites for hydroxylation is 1. The second-order valence-corrected chi connectivity index (χ2v) is 5.00. The Labute approximate surface area is 110 Å². The number of aliphatic hydroxyl groups excluding tert-OH is 1. The predicted octanol–water partition coefficient (Wildman–Crippen LogP) is 1.28. The Kier molecular flexibility index (Phi) is 5.65. The Morgan fingerprint density at radius 3 is 2.89 bits per heavy atom. The first-order chi connectivity index (χ1) is 8.90. The van der Waals surface area contributed by atoms with Gasteiger partial charge in [-0.2, -0.15) is 0 Å². The highest BCUT2D eigenvalue weighted by atomic mass is 16.3. The lowest BCUT2D eigenvalue weighted by Gasteiger charge is -2.36. The van der Waals surface area contributed by atoms with Gasteiger partial charge in [0.15, 0.2) is 0 Å². The molecule has 3 nitrogen and oxygen atoms in total.